The summed E-state index contributed by atoms with van der Waals surface area (Å²) in [5.41, 5.74) is 0.981. The lowest BCUT2D eigenvalue weighted by molar-refractivity contribution is 0.102. The molecule has 1 amide bonds. The van der Waals surface area contributed by atoms with Gasteiger partial charge in [0.05, 0.1) is 10.6 Å². The van der Waals surface area contributed by atoms with Gasteiger partial charge in [-0.2, -0.15) is 11.3 Å². The lowest BCUT2D eigenvalue weighted by atomic mass is 10.2. The van der Waals surface area contributed by atoms with E-state index >= 15 is 0 Å². The molecule has 0 unspecified atom stereocenters. The lowest BCUT2D eigenvalue weighted by Gasteiger charge is -2.08. The van der Waals surface area contributed by atoms with E-state index < -0.39 is 10.0 Å². The van der Waals surface area contributed by atoms with E-state index in [2.05, 4.69) is 10.0 Å². The maximum absolute atomic E-state index is 12.4. The van der Waals surface area contributed by atoms with Crippen LogP contribution in [0.2, 0.25) is 0 Å². The Kier molecular flexibility index (Phi) is 5.10. The van der Waals surface area contributed by atoms with E-state index in [1.807, 2.05) is 22.9 Å². The quantitative estimate of drug-likeness (QED) is 0.689. The predicted octanol–water partition coefficient (Wildman–Crippen LogP) is 3.54. The van der Waals surface area contributed by atoms with Gasteiger partial charge in [0.15, 0.2) is 0 Å². The summed E-state index contributed by atoms with van der Waals surface area (Å²) in [6.07, 6.45) is 0. The summed E-state index contributed by atoms with van der Waals surface area (Å²) in [7, 11) is -3.68. The van der Waals surface area contributed by atoms with Crippen LogP contribution in [0.15, 0.2) is 63.5 Å². The highest BCUT2D eigenvalue weighted by molar-refractivity contribution is 7.89. The van der Waals surface area contributed by atoms with E-state index in [-0.39, 0.29) is 17.3 Å². The van der Waals surface area contributed by atoms with Gasteiger partial charge in [-0.15, -0.1) is 11.3 Å². The number of hydrogen-bond donors (Lipinski definition) is 2. The highest BCUT2D eigenvalue weighted by atomic mass is 32.2. The number of anilines is 1. The number of thiophene rings is 2. The van der Waals surface area contributed by atoms with Crippen LogP contribution in [0.3, 0.4) is 0 Å². The van der Waals surface area contributed by atoms with E-state index in [4.69, 9.17) is 0 Å². The molecule has 2 aromatic heterocycles. The number of benzene rings is 1. The van der Waals surface area contributed by atoms with Gasteiger partial charge in [-0.05, 0) is 41.1 Å². The minimum Gasteiger partial charge on any atom is -0.321 e. The summed E-state index contributed by atoms with van der Waals surface area (Å²) in [5, 5.41) is 8.28. The third-order valence-corrected chi connectivity index (χ3v) is 6.16. The molecule has 3 aromatic rings. The van der Waals surface area contributed by atoms with Crippen LogP contribution in [0.1, 0.15) is 15.2 Å². The number of rotatable bonds is 6. The summed E-state index contributed by atoms with van der Waals surface area (Å²) >= 11 is 2.95. The largest absolute Gasteiger partial charge is 0.321 e. The molecule has 3 rings (SSSR count). The van der Waals surface area contributed by atoms with E-state index in [9.17, 15) is 13.2 Å². The Balaban J connectivity index is 1.75. The minimum absolute atomic E-state index is 0.0667. The van der Waals surface area contributed by atoms with Crippen molar-refractivity contribution in [3.05, 3.63) is 69.0 Å². The highest BCUT2D eigenvalue weighted by Gasteiger charge is 2.16. The van der Waals surface area contributed by atoms with Crippen LogP contribution in [0.4, 0.5) is 5.69 Å². The number of carbonyl (C=O) groups is 1. The second kappa shape index (κ2) is 7.27. The molecule has 0 atom stereocenters. The van der Waals surface area contributed by atoms with Crippen LogP contribution < -0.4 is 10.0 Å². The molecular formula is C16H14N2O3S3. The fraction of sp³-hybridized carbons (Fsp3) is 0.0625. The normalized spacial score (nSPS) is 11.3. The fourth-order valence-electron chi connectivity index (χ4n) is 2.01. The van der Waals surface area contributed by atoms with Crippen molar-refractivity contribution < 1.29 is 13.2 Å². The number of sulfonamides is 1. The van der Waals surface area contributed by atoms with Crippen LogP contribution in [0.5, 0.6) is 0 Å². The third-order valence-electron chi connectivity index (χ3n) is 3.20. The molecule has 0 radical (unpaired) electrons. The lowest BCUT2D eigenvalue weighted by Crippen LogP contribution is -2.23. The Hall–Kier alpha value is -2.00. The van der Waals surface area contributed by atoms with Gasteiger partial charge in [0.25, 0.3) is 5.91 Å². The molecule has 2 N–H and O–H groups in total. The van der Waals surface area contributed by atoms with E-state index in [1.54, 1.807) is 23.6 Å². The molecule has 124 valence electrons. The molecule has 0 saturated heterocycles. The minimum atomic E-state index is -3.68. The molecule has 0 aliphatic rings. The maximum atomic E-state index is 12.4. The number of hydrogen-bond acceptors (Lipinski definition) is 5. The maximum Gasteiger partial charge on any atom is 0.255 e. The first kappa shape index (κ1) is 16.8. The summed E-state index contributed by atoms with van der Waals surface area (Å²) < 4.78 is 27.3. The number of nitrogens with one attached hydrogen (secondary N) is 2. The average molecular weight is 379 g/mol. The Labute approximate surface area is 148 Å². The molecule has 0 bridgehead atoms. The molecule has 0 spiro atoms. The first-order valence-corrected chi connectivity index (χ1v) is 10.3. The molecule has 0 aliphatic carbocycles. The molecule has 5 nitrogen and oxygen atoms in total. The second-order valence-electron chi connectivity index (χ2n) is 4.90. The first-order valence-electron chi connectivity index (χ1n) is 7.00. The Morgan fingerprint density at radius 1 is 1.08 bits per heavy atom. The van der Waals surface area contributed by atoms with Gasteiger partial charge in [-0.1, -0.05) is 12.1 Å². The smallest absolute Gasteiger partial charge is 0.255 e. The molecule has 0 aliphatic heterocycles. The van der Waals surface area contributed by atoms with Crippen molar-refractivity contribution in [3.63, 3.8) is 0 Å². The zero-order chi connectivity index (χ0) is 17.0. The predicted molar refractivity (Wildman–Crippen MR) is 97.1 cm³/mol. The van der Waals surface area contributed by atoms with Crippen LogP contribution in [0, 0.1) is 0 Å². The zero-order valence-corrected chi connectivity index (χ0v) is 14.9. The molecule has 8 heteroatoms. The van der Waals surface area contributed by atoms with Crippen LogP contribution in [-0.4, -0.2) is 14.3 Å². The summed E-state index contributed by atoms with van der Waals surface area (Å²) in [5.74, 6) is -0.344. The molecule has 2 heterocycles. The van der Waals surface area contributed by atoms with Crippen molar-refractivity contribution in [2.24, 2.45) is 0 Å². The molecule has 24 heavy (non-hydrogen) atoms. The van der Waals surface area contributed by atoms with Crippen molar-refractivity contribution in [1.82, 2.24) is 4.72 Å². The van der Waals surface area contributed by atoms with Gasteiger partial charge in [-0.25, -0.2) is 13.1 Å². The van der Waals surface area contributed by atoms with Crippen LogP contribution in [-0.2, 0) is 16.6 Å². The van der Waals surface area contributed by atoms with E-state index in [0.29, 0.717) is 11.3 Å². The molecule has 0 fully saturated rings. The van der Waals surface area contributed by atoms with Crippen molar-refractivity contribution in [3.8, 4) is 0 Å². The van der Waals surface area contributed by atoms with E-state index in [0.717, 1.165) is 4.88 Å². The summed E-state index contributed by atoms with van der Waals surface area (Å²) in [6.45, 7) is 0.228. The van der Waals surface area contributed by atoms with Gasteiger partial charge in [0.2, 0.25) is 10.0 Å². The number of amides is 1. The summed E-state index contributed by atoms with van der Waals surface area (Å²) in [4.78, 5) is 13.2. The van der Waals surface area contributed by atoms with Gasteiger partial charge in [0.1, 0.15) is 0 Å². The van der Waals surface area contributed by atoms with Crippen molar-refractivity contribution in [1.29, 1.82) is 0 Å². The SMILES string of the molecule is O=C(Nc1ccsc1)c1cccc(S(=O)(=O)NCc2cccs2)c1. The van der Waals surface area contributed by atoms with Crippen molar-refractivity contribution >= 4 is 44.3 Å². The monoisotopic (exact) mass is 378 g/mol. The highest BCUT2D eigenvalue weighted by Crippen LogP contribution is 2.17. The van der Waals surface area contributed by atoms with Crippen molar-refractivity contribution in [2.45, 2.75) is 11.4 Å². The van der Waals surface area contributed by atoms with Crippen LogP contribution >= 0.6 is 22.7 Å². The average Bonchev–Trinajstić information content (AvgIpc) is 3.27. The van der Waals surface area contributed by atoms with Gasteiger partial charge < -0.3 is 5.32 Å². The third kappa shape index (κ3) is 4.09. The second-order valence-corrected chi connectivity index (χ2v) is 8.48. The van der Waals surface area contributed by atoms with Crippen molar-refractivity contribution in [2.75, 3.05) is 5.32 Å². The Bertz CT molecular complexity index is 917. The summed E-state index contributed by atoms with van der Waals surface area (Å²) in [6, 6.07) is 11.5. The fourth-order valence-corrected chi connectivity index (χ4v) is 4.38. The van der Waals surface area contributed by atoms with Gasteiger partial charge >= 0.3 is 0 Å². The van der Waals surface area contributed by atoms with Gasteiger partial charge in [-0.3, -0.25) is 4.79 Å². The molecular weight excluding hydrogens is 364 g/mol. The Morgan fingerprint density at radius 3 is 2.67 bits per heavy atom. The molecule has 1 aromatic carbocycles. The van der Waals surface area contributed by atoms with Gasteiger partial charge in [0, 0.05) is 22.4 Å². The topological polar surface area (TPSA) is 75.3 Å². The Morgan fingerprint density at radius 2 is 1.96 bits per heavy atom. The first-order chi connectivity index (χ1) is 11.5. The zero-order valence-electron chi connectivity index (χ0n) is 12.4. The van der Waals surface area contributed by atoms with Crippen LogP contribution in [0.25, 0.3) is 0 Å². The number of carbonyl (C=O) groups excluding carboxylic acids is 1. The van der Waals surface area contributed by atoms with E-state index in [1.165, 1.54) is 34.8 Å². The molecule has 0 saturated carbocycles. The standard InChI is InChI=1S/C16H14N2O3S3/c19-16(18-13-6-8-22-11-13)12-3-1-5-15(9-12)24(20,21)17-10-14-4-2-7-23-14/h1-9,11,17H,10H2,(H,18,19).